The lowest BCUT2D eigenvalue weighted by Gasteiger charge is -2.09. The van der Waals surface area contributed by atoms with Crippen LogP contribution in [0, 0.1) is 0 Å². The molecule has 0 unspecified atom stereocenters. The molecule has 4 aromatic rings. The second-order valence-corrected chi connectivity index (χ2v) is 8.10. The van der Waals surface area contributed by atoms with Crippen molar-refractivity contribution in [2.75, 3.05) is 0 Å². The predicted octanol–water partition coefficient (Wildman–Crippen LogP) is 6.26. The SMILES string of the molecule is O=C(O)Cn1cc(CCc2cccs2)c2cc(-c3cccc(C(F)(F)F)c3)ccc21. The summed E-state index contributed by atoms with van der Waals surface area (Å²) in [5.41, 5.74) is 2.19. The first-order valence-electron chi connectivity index (χ1n) is 9.35. The van der Waals surface area contributed by atoms with E-state index in [-0.39, 0.29) is 6.54 Å². The third-order valence-electron chi connectivity index (χ3n) is 5.01. The molecule has 2 heterocycles. The van der Waals surface area contributed by atoms with Crippen molar-refractivity contribution >= 4 is 28.2 Å². The topological polar surface area (TPSA) is 42.2 Å². The number of fused-ring (bicyclic) bond motifs is 1. The monoisotopic (exact) mass is 429 g/mol. The predicted molar refractivity (Wildman–Crippen MR) is 112 cm³/mol. The standard InChI is InChI=1S/C23H18F3NO2S/c24-23(25,26)18-4-1-3-15(11-18)16-7-9-21-20(12-16)17(13-27(21)14-22(28)29)6-8-19-5-2-10-30-19/h1-5,7,9-13H,6,8,14H2,(H,28,29). The second-order valence-electron chi connectivity index (χ2n) is 7.07. The van der Waals surface area contributed by atoms with Crippen LogP contribution < -0.4 is 0 Å². The quantitative estimate of drug-likeness (QED) is 0.393. The van der Waals surface area contributed by atoms with Crippen molar-refractivity contribution in [3.63, 3.8) is 0 Å². The summed E-state index contributed by atoms with van der Waals surface area (Å²) >= 11 is 1.66. The first-order valence-corrected chi connectivity index (χ1v) is 10.2. The normalized spacial score (nSPS) is 11.8. The molecular formula is C23H18F3NO2S. The van der Waals surface area contributed by atoms with Crippen LogP contribution in [0.1, 0.15) is 16.0 Å². The number of aliphatic carboxylic acids is 1. The molecule has 0 bridgehead atoms. The summed E-state index contributed by atoms with van der Waals surface area (Å²) in [6, 6.07) is 14.6. The Bertz CT molecular complexity index is 1190. The van der Waals surface area contributed by atoms with Gasteiger partial charge in [-0.25, -0.2) is 0 Å². The van der Waals surface area contributed by atoms with Crippen LogP contribution >= 0.6 is 11.3 Å². The third-order valence-corrected chi connectivity index (χ3v) is 5.95. The summed E-state index contributed by atoms with van der Waals surface area (Å²) in [4.78, 5) is 12.5. The lowest BCUT2D eigenvalue weighted by Crippen LogP contribution is -2.07. The molecule has 0 spiro atoms. The molecule has 2 aromatic heterocycles. The van der Waals surface area contributed by atoms with E-state index in [9.17, 15) is 23.1 Å². The van der Waals surface area contributed by atoms with Crippen molar-refractivity contribution in [3.05, 3.63) is 82.2 Å². The summed E-state index contributed by atoms with van der Waals surface area (Å²) in [6.07, 6.45) is -1.04. The van der Waals surface area contributed by atoms with Gasteiger partial charge in [-0.1, -0.05) is 24.3 Å². The number of carboxylic acid groups (broad SMARTS) is 1. The van der Waals surface area contributed by atoms with Gasteiger partial charge in [-0.3, -0.25) is 4.79 Å². The number of halogens is 3. The number of alkyl halides is 3. The Kier molecular flexibility index (Phi) is 5.39. The van der Waals surface area contributed by atoms with E-state index < -0.39 is 17.7 Å². The number of carbonyl (C=O) groups is 1. The van der Waals surface area contributed by atoms with Gasteiger partial charge in [0.15, 0.2) is 0 Å². The lowest BCUT2D eigenvalue weighted by molar-refractivity contribution is -0.138. The number of carboxylic acids is 1. The molecule has 1 N–H and O–H groups in total. The Labute approximate surface area is 175 Å². The van der Waals surface area contributed by atoms with Crippen molar-refractivity contribution in [2.45, 2.75) is 25.6 Å². The molecule has 7 heteroatoms. The zero-order valence-electron chi connectivity index (χ0n) is 15.8. The van der Waals surface area contributed by atoms with Gasteiger partial charge in [-0.05, 0) is 65.2 Å². The maximum absolute atomic E-state index is 13.1. The molecular weight excluding hydrogens is 411 g/mol. The van der Waals surface area contributed by atoms with Gasteiger partial charge >= 0.3 is 12.1 Å². The van der Waals surface area contributed by atoms with Crippen LogP contribution in [0.3, 0.4) is 0 Å². The summed E-state index contributed by atoms with van der Waals surface area (Å²) in [7, 11) is 0. The van der Waals surface area contributed by atoms with Crippen molar-refractivity contribution in [3.8, 4) is 11.1 Å². The van der Waals surface area contributed by atoms with Gasteiger partial charge in [0.25, 0.3) is 0 Å². The summed E-state index contributed by atoms with van der Waals surface area (Å²) in [6.45, 7) is -0.168. The van der Waals surface area contributed by atoms with E-state index in [1.807, 2.05) is 23.7 Å². The van der Waals surface area contributed by atoms with Crippen LogP contribution in [0.15, 0.2) is 66.2 Å². The summed E-state index contributed by atoms with van der Waals surface area (Å²) < 4.78 is 41.0. The Morgan fingerprint density at radius 2 is 1.80 bits per heavy atom. The molecule has 154 valence electrons. The highest BCUT2D eigenvalue weighted by molar-refractivity contribution is 7.09. The third kappa shape index (κ3) is 4.26. The number of nitrogens with zero attached hydrogens (tertiary/aromatic N) is 1. The van der Waals surface area contributed by atoms with Crippen molar-refractivity contribution in [2.24, 2.45) is 0 Å². The largest absolute Gasteiger partial charge is 0.480 e. The van der Waals surface area contributed by atoms with Crippen LogP contribution in [-0.2, 0) is 30.4 Å². The Balaban J connectivity index is 1.76. The molecule has 0 saturated heterocycles. The highest BCUT2D eigenvalue weighted by atomic mass is 32.1. The molecule has 0 aliphatic heterocycles. The van der Waals surface area contributed by atoms with Gasteiger partial charge < -0.3 is 9.67 Å². The minimum Gasteiger partial charge on any atom is -0.480 e. The molecule has 30 heavy (non-hydrogen) atoms. The van der Waals surface area contributed by atoms with Gasteiger partial charge in [-0.2, -0.15) is 13.2 Å². The highest BCUT2D eigenvalue weighted by Crippen LogP contribution is 2.34. The van der Waals surface area contributed by atoms with E-state index in [1.165, 1.54) is 10.9 Å². The van der Waals surface area contributed by atoms with Crippen molar-refractivity contribution in [1.29, 1.82) is 0 Å². The molecule has 2 aromatic carbocycles. The Morgan fingerprint density at radius 1 is 1.00 bits per heavy atom. The number of benzene rings is 2. The maximum Gasteiger partial charge on any atom is 0.416 e. The first kappa shape index (κ1) is 20.2. The van der Waals surface area contributed by atoms with Gasteiger partial charge in [0.1, 0.15) is 6.54 Å². The van der Waals surface area contributed by atoms with Gasteiger partial charge in [0.2, 0.25) is 0 Å². The molecule has 0 atom stereocenters. The van der Waals surface area contributed by atoms with E-state index in [1.54, 1.807) is 34.1 Å². The summed E-state index contributed by atoms with van der Waals surface area (Å²) in [5.74, 6) is -0.946. The van der Waals surface area contributed by atoms with Gasteiger partial charge in [0, 0.05) is 22.0 Å². The van der Waals surface area contributed by atoms with Crippen LogP contribution in [0.25, 0.3) is 22.0 Å². The number of aryl methyl sites for hydroxylation is 2. The number of aromatic nitrogens is 1. The molecule has 4 rings (SSSR count). The average Bonchev–Trinajstić information content (AvgIpc) is 3.33. The fraction of sp³-hybridized carbons (Fsp3) is 0.174. The Hall–Kier alpha value is -3.06. The van der Waals surface area contributed by atoms with E-state index in [0.717, 1.165) is 41.4 Å². The molecule has 0 amide bonds. The fourth-order valence-electron chi connectivity index (χ4n) is 3.61. The first-order chi connectivity index (χ1) is 14.3. The van der Waals surface area contributed by atoms with E-state index in [4.69, 9.17) is 0 Å². The van der Waals surface area contributed by atoms with Crippen molar-refractivity contribution in [1.82, 2.24) is 4.57 Å². The minimum atomic E-state index is -4.41. The van der Waals surface area contributed by atoms with Crippen LogP contribution in [0.2, 0.25) is 0 Å². The molecule has 3 nitrogen and oxygen atoms in total. The van der Waals surface area contributed by atoms with E-state index in [0.29, 0.717) is 11.1 Å². The fourth-order valence-corrected chi connectivity index (χ4v) is 4.32. The zero-order chi connectivity index (χ0) is 21.3. The van der Waals surface area contributed by atoms with Crippen molar-refractivity contribution < 1.29 is 23.1 Å². The number of hydrogen-bond acceptors (Lipinski definition) is 2. The van der Waals surface area contributed by atoms with E-state index in [2.05, 4.69) is 6.07 Å². The Morgan fingerprint density at radius 3 is 2.50 bits per heavy atom. The second kappa shape index (κ2) is 7.99. The molecule has 0 fully saturated rings. The smallest absolute Gasteiger partial charge is 0.416 e. The molecule has 0 aliphatic rings. The zero-order valence-corrected chi connectivity index (χ0v) is 16.6. The minimum absolute atomic E-state index is 0.168. The summed E-state index contributed by atoms with van der Waals surface area (Å²) in [5, 5.41) is 12.1. The molecule has 0 saturated carbocycles. The molecule has 0 radical (unpaired) electrons. The van der Waals surface area contributed by atoms with Crippen LogP contribution in [0.5, 0.6) is 0 Å². The highest BCUT2D eigenvalue weighted by Gasteiger charge is 2.30. The number of thiophene rings is 1. The average molecular weight is 429 g/mol. The van der Waals surface area contributed by atoms with Gasteiger partial charge in [-0.15, -0.1) is 11.3 Å². The van der Waals surface area contributed by atoms with Crippen LogP contribution in [0.4, 0.5) is 13.2 Å². The lowest BCUT2D eigenvalue weighted by atomic mass is 9.99. The van der Waals surface area contributed by atoms with Gasteiger partial charge in [0.05, 0.1) is 5.56 Å². The number of hydrogen-bond donors (Lipinski definition) is 1. The molecule has 0 aliphatic carbocycles. The van der Waals surface area contributed by atoms with Crippen LogP contribution in [-0.4, -0.2) is 15.6 Å². The number of rotatable bonds is 6. The maximum atomic E-state index is 13.1. The van der Waals surface area contributed by atoms with E-state index >= 15 is 0 Å².